The van der Waals surface area contributed by atoms with E-state index in [2.05, 4.69) is 6.58 Å². The Morgan fingerprint density at radius 3 is 2.00 bits per heavy atom. The number of carboxylic acid groups (broad SMARTS) is 1. The zero-order valence-corrected chi connectivity index (χ0v) is 7.08. The molecule has 11 heavy (non-hydrogen) atoms. The van der Waals surface area contributed by atoms with Crippen molar-refractivity contribution in [3.8, 4) is 0 Å². The van der Waals surface area contributed by atoms with Crippen LogP contribution in [0.15, 0.2) is 12.7 Å². The number of aliphatic carboxylic acids is 1. The van der Waals surface area contributed by atoms with Crippen molar-refractivity contribution < 1.29 is 15.0 Å². The van der Waals surface area contributed by atoms with Crippen molar-refractivity contribution in [3.63, 3.8) is 0 Å². The Labute approximate surface area is 67.4 Å². The molecule has 0 saturated carbocycles. The van der Waals surface area contributed by atoms with E-state index >= 15 is 0 Å². The number of carbonyl (C=O) groups is 1. The van der Waals surface area contributed by atoms with E-state index in [0.29, 0.717) is 12.5 Å². The van der Waals surface area contributed by atoms with Crippen molar-refractivity contribution in [2.45, 2.75) is 20.3 Å². The van der Waals surface area contributed by atoms with Gasteiger partial charge in [-0.15, -0.1) is 6.58 Å². The molecule has 0 spiro atoms. The van der Waals surface area contributed by atoms with Gasteiger partial charge < -0.3 is 10.2 Å². The SMILES string of the molecule is C=CCC(=O)O.CC(C)CO. The van der Waals surface area contributed by atoms with Crippen LogP contribution in [0.25, 0.3) is 0 Å². The van der Waals surface area contributed by atoms with Gasteiger partial charge in [0.05, 0.1) is 6.42 Å². The average molecular weight is 160 g/mol. The fraction of sp³-hybridized carbons (Fsp3) is 0.625. The molecule has 3 heteroatoms. The molecule has 0 aliphatic rings. The Morgan fingerprint density at radius 2 is 2.00 bits per heavy atom. The standard InChI is InChI=1S/C4H6O2.C4H10O/c1-2-3-4(5)6;1-4(2)3-5/h2H,1,3H2,(H,5,6);4-5H,3H2,1-2H3. The quantitative estimate of drug-likeness (QED) is 0.611. The topological polar surface area (TPSA) is 57.5 Å². The molecule has 0 aliphatic heterocycles. The predicted molar refractivity (Wildman–Crippen MR) is 44.4 cm³/mol. The van der Waals surface area contributed by atoms with Gasteiger partial charge in [-0.3, -0.25) is 4.79 Å². The Kier molecular flexibility index (Phi) is 10.7. The average Bonchev–Trinajstić information content (AvgIpc) is 1.89. The van der Waals surface area contributed by atoms with Gasteiger partial charge in [0, 0.05) is 6.61 Å². The molecule has 0 saturated heterocycles. The molecule has 0 fully saturated rings. The second-order valence-corrected chi connectivity index (χ2v) is 2.46. The lowest BCUT2D eigenvalue weighted by Gasteiger charge is -1.90. The van der Waals surface area contributed by atoms with Crippen LogP contribution in [0, 0.1) is 5.92 Å². The lowest BCUT2D eigenvalue weighted by Crippen LogP contribution is -1.90. The number of carboxylic acids is 1. The smallest absolute Gasteiger partial charge is 0.307 e. The zero-order chi connectivity index (χ0) is 9.28. The molecule has 0 aromatic carbocycles. The molecule has 0 amide bonds. The summed E-state index contributed by atoms with van der Waals surface area (Å²) in [4.78, 5) is 9.53. The van der Waals surface area contributed by atoms with E-state index in [1.54, 1.807) is 0 Å². The molecule has 0 atom stereocenters. The second kappa shape index (κ2) is 9.17. The fourth-order valence-electron chi connectivity index (χ4n) is 0.123. The van der Waals surface area contributed by atoms with Crippen molar-refractivity contribution in [2.75, 3.05) is 6.61 Å². The van der Waals surface area contributed by atoms with Crippen molar-refractivity contribution in [2.24, 2.45) is 5.92 Å². The van der Waals surface area contributed by atoms with Gasteiger partial charge >= 0.3 is 5.97 Å². The van der Waals surface area contributed by atoms with Gasteiger partial charge in [0.15, 0.2) is 0 Å². The largest absolute Gasteiger partial charge is 0.481 e. The maximum atomic E-state index is 9.53. The Hall–Kier alpha value is -0.830. The minimum absolute atomic E-state index is 0.0556. The highest BCUT2D eigenvalue weighted by atomic mass is 16.4. The Morgan fingerprint density at radius 1 is 1.64 bits per heavy atom. The van der Waals surface area contributed by atoms with Gasteiger partial charge in [-0.25, -0.2) is 0 Å². The molecule has 0 aromatic rings. The van der Waals surface area contributed by atoms with Crippen molar-refractivity contribution >= 4 is 5.97 Å². The van der Waals surface area contributed by atoms with E-state index < -0.39 is 5.97 Å². The maximum absolute atomic E-state index is 9.53. The summed E-state index contributed by atoms with van der Waals surface area (Å²) in [5.41, 5.74) is 0. The van der Waals surface area contributed by atoms with Crippen molar-refractivity contribution in [1.82, 2.24) is 0 Å². The number of rotatable bonds is 3. The zero-order valence-electron chi connectivity index (χ0n) is 7.08. The van der Waals surface area contributed by atoms with E-state index in [9.17, 15) is 4.79 Å². The summed E-state index contributed by atoms with van der Waals surface area (Å²) >= 11 is 0. The van der Waals surface area contributed by atoms with Crippen molar-refractivity contribution in [1.29, 1.82) is 0 Å². The van der Waals surface area contributed by atoms with Gasteiger partial charge in [-0.2, -0.15) is 0 Å². The first-order chi connectivity index (χ1) is 5.04. The molecule has 0 aliphatic carbocycles. The van der Waals surface area contributed by atoms with Crippen LogP contribution in [0.4, 0.5) is 0 Å². The Bertz CT molecular complexity index is 108. The van der Waals surface area contributed by atoms with E-state index in [1.165, 1.54) is 6.08 Å². The minimum Gasteiger partial charge on any atom is -0.481 e. The third-order valence-electron chi connectivity index (χ3n) is 0.684. The van der Waals surface area contributed by atoms with Crippen LogP contribution in [-0.4, -0.2) is 22.8 Å². The van der Waals surface area contributed by atoms with Crippen LogP contribution < -0.4 is 0 Å². The van der Waals surface area contributed by atoms with E-state index in [4.69, 9.17) is 10.2 Å². The summed E-state index contributed by atoms with van der Waals surface area (Å²) in [6.07, 6.45) is 1.41. The minimum atomic E-state index is -0.829. The molecule has 2 N–H and O–H groups in total. The van der Waals surface area contributed by atoms with Gasteiger partial charge in [-0.1, -0.05) is 19.9 Å². The van der Waals surface area contributed by atoms with Gasteiger partial charge in [0.2, 0.25) is 0 Å². The van der Waals surface area contributed by atoms with E-state index in [0.717, 1.165) is 0 Å². The molecular weight excluding hydrogens is 144 g/mol. The summed E-state index contributed by atoms with van der Waals surface area (Å²) in [6, 6.07) is 0. The molecule has 0 rings (SSSR count). The third kappa shape index (κ3) is 27.1. The second-order valence-electron chi connectivity index (χ2n) is 2.46. The highest BCUT2D eigenvalue weighted by Crippen LogP contribution is 1.83. The normalized spacial score (nSPS) is 8.36. The third-order valence-corrected chi connectivity index (χ3v) is 0.684. The van der Waals surface area contributed by atoms with Crippen LogP contribution in [0.5, 0.6) is 0 Å². The lowest BCUT2D eigenvalue weighted by atomic mass is 10.2. The summed E-state index contributed by atoms with van der Waals surface area (Å²) in [5, 5.41) is 16.0. The number of hydrogen-bond acceptors (Lipinski definition) is 2. The first kappa shape index (κ1) is 12.8. The maximum Gasteiger partial charge on any atom is 0.307 e. The molecule has 3 nitrogen and oxygen atoms in total. The molecule has 0 radical (unpaired) electrons. The van der Waals surface area contributed by atoms with Gasteiger partial charge in [-0.05, 0) is 5.92 Å². The van der Waals surface area contributed by atoms with Crippen LogP contribution in [-0.2, 0) is 4.79 Å². The van der Waals surface area contributed by atoms with Gasteiger partial charge in [0.25, 0.3) is 0 Å². The lowest BCUT2D eigenvalue weighted by molar-refractivity contribution is -0.135. The molecular formula is C8H16O3. The monoisotopic (exact) mass is 160 g/mol. The first-order valence-corrected chi connectivity index (χ1v) is 3.48. The number of aliphatic hydroxyl groups excluding tert-OH is 1. The van der Waals surface area contributed by atoms with Crippen LogP contribution >= 0.6 is 0 Å². The molecule has 0 heterocycles. The Balaban J connectivity index is 0. The summed E-state index contributed by atoms with van der Waals surface area (Å²) in [7, 11) is 0. The highest BCUT2D eigenvalue weighted by molar-refractivity contribution is 5.68. The van der Waals surface area contributed by atoms with Gasteiger partial charge in [0.1, 0.15) is 0 Å². The predicted octanol–water partition coefficient (Wildman–Crippen LogP) is 1.28. The summed E-state index contributed by atoms with van der Waals surface area (Å²) in [5.74, 6) is -0.389. The highest BCUT2D eigenvalue weighted by Gasteiger charge is 1.84. The summed E-state index contributed by atoms with van der Waals surface area (Å²) in [6.45, 7) is 7.47. The first-order valence-electron chi connectivity index (χ1n) is 3.48. The molecule has 66 valence electrons. The van der Waals surface area contributed by atoms with Crippen LogP contribution in [0.2, 0.25) is 0 Å². The molecule has 0 unspecified atom stereocenters. The van der Waals surface area contributed by atoms with Crippen LogP contribution in [0.3, 0.4) is 0 Å². The number of aliphatic hydroxyl groups is 1. The van der Waals surface area contributed by atoms with E-state index in [1.807, 2.05) is 13.8 Å². The summed E-state index contributed by atoms with van der Waals surface area (Å²) < 4.78 is 0. The van der Waals surface area contributed by atoms with Crippen molar-refractivity contribution in [3.05, 3.63) is 12.7 Å². The van der Waals surface area contributed by atoms with Crippen LogP contribution in [0.1, 0.15) is 20.3 Å². The fourth-order valence-corrected chi connectivity index (χ4v) is 0.123. The molecule has 0 bridgehead atoms. The van der Waals surface area contributed by atoms with E-state index in [-0.39, 0.29) is 6.42 Å². The number of hydrogen-bond donors (Lipinski definition) is 2. The molecule has 0 aromatic heterocycles.